The third-order valence-corrected chi connectivity index (χ3v) is 7.60. The molecule has 0 saturated carbocycles. The van der Waals surface area contributed by atoms with Crippen molar-refractivity contribution in [3.8, 4) is 23.0 Å². The lowest BCUT2D eigenvalue weighted by molar-refractivity contribution is -0.136. The lowest BCUT2D eigenvalue weighted by Gasteiger charge is -2.23. The van der Waals surface area contributed by atoms with Crippen molar-refractivity contribution in [3.05, 3.63) is 76.5 Å². The Balaban J connectivity index is 1.89. The van der Waals surface area contributed by atoms with Crippen molar-refractivity contribution in [1.29, 1.82) is 0 Å². The van der Waals surface area contributed by atoms with E-state index in [1.54, 1.807) is 36.4 Å². The Morgan fingerprint density at radius 2 is 1.80 bits per heavy atom. The Morgan fingerprint density at radius 3 is 2.45 bits per heavy atom. The maximum absolute atomic E-state index is 13.8. The number of carbonyl (C=O) groups is 2. The fraction of sp³-hybridized carbons (Fsp3) is 0.286. The topological polar surface area (TPSA) is 115 Å². The molecule has 0 aliphatic carbocycles. The predicted molar refractivity (Wildman–Crippen MR) is 157 cm³/mol. The lowest BCUT2D eigenvalue weighted by atomic mass is 9.97. The number of hydrogen-bond donors (Lipinski definition) is 0. The summed E-state index contributed by atoms with van der Waals surface area (Å²) in [5.74, 6) is 0.641. The molecule has 1 aliphatic heterocycles. The van der Waals surface area contributed by atoms with Gasteiger partial charge >= 0.3 is 11.9 Å². The van der Waals surface area contributed by atoms with Crippen LogP contribution in [0.2, 0.25) is 0 Å². The first-order valence-electron chi connectivity index (χ1n) is 12.3. The molecule has 2 heterocycles. The summed E-state index contributed by atoms with van der Waals surface area (Å²) in [5, 5.41) is 0. The van der Waals surface area contributed by atoms with E-state index in [9.17, 15) is 14.4 Å². The van der Waals surface area contributed by atoms with E-state index in [-0.39, 0.29) is 11.1 Å². The largest absolute Gasteiger partial charge is 0.493 e. The average Bonchev–Trinajstić information content (AvgIpc) is 3.24. The monoisotopic (exact) mass is 678 g/mol. The van der Waals surface area contributed by atoms with Gasteiger partial charge in [-0.15, -0.1) is 0 Å². The molecule has 0 unspecified atom stereocenters. The maximum atomic E-state index is 13.8. The van der Waals surface area contributed by atoms with Gasteiger partial charge in [0.15, 0.2) is 27.8 Å². The zero-order valence-corrected chi connectivity index (χ0v) is 25.5. The number of methoxy groups -OCH3 is 2. The first kappa shape index (κ1) is 29.3. The van der Waals surface area contributed by atoms with Gasteiger partial charge in [0.25, 0.3) is 5.56 Å². The number of nitrogens with zero attached hydrogens (tertiary/aromatic N) is 2. The molecule has 0 bridgehead atoms. The van der Waals surface area contributed by atoms with Crippen LogP contribution in [0.5, 0.6) is 23.0 Å². The number of ether oxygens (including phenoxy) is 5. The Hall–Kier alpha value is -3.65. The SMILES string of the molecule is CCOc1ccc([C@@H]2C(C(=O)OC)=CN=c3s/c(=C/c4cc(I)c(OC(C)=O)c(OC)c4)c(=O)n32)cc1OCC. The molecule has 3 aromatic rings. The normalized spacial score (nSPS) is 14.5. The first-order chi connectivity index (χ1) is 19.2. The van der Waals surface area contributed by atoms with E-state index < -0.39 is 18.0 Å². The van der Waals surface area contributed by atoms with Crippen molar-refractivity contribution >= 4 is 51.9 Å². The molecule has 12 heteroatoms. The minimum atomic E-state index is -0.804. The zero-order chi connectivity index (χ0) is 29.0. The highest BCUT2D eigenvalue weighted by Crippen LogP contribution is 2.36. The van der Waals surface area contributed by atoms with Crippen LogP contribution in [-0.2, 0) is 14.3 Å². The van der Waals surface area contributed by atoms with Crippen LogP contribution in [0.1, 0.15) is 37.9 Å². The molecule has 0 radical (unpaired) electrons. The van der Waals surface area contributed by atoms with Crippen molar-refractivity contribution in [1.82, 2.24) is 4.57 Å². The Morgan fingerprint density at radius 1 is 1.07 bits per heavy atom. The molecule has 4 rings (SSSR count). The van der Waals surface area contributed by atoms with Gasteiger partial charge in [-0.25, -0.2) is 9.79 Å². The third-order valence-electron chi connectivity index (χ3n) is 5.80. The van der Waals surface area contributed by atoms with Crippen LogP contribution in [0.4, 0.5) is 0 Å². The highest BCUT2D eigenvalue weighted by molar-refractivity contribution is 14.1. The number of carbonyl (C=O) groups excluding carboxylic acids is 2. The summed E-state index contributed by atoms with van der Waals surface area (Å²) in [7, 11) is 2.75. The van der Waals surface area contributed by atoms with Crippen LogP contribution >= 0.6 is 33.9 Å². The Labute approximate surface area is 247 Å². The second kappa shape index (κ2) is 12.7. The molecule has 0 amide bonds. The van der Waals surface area contributed by atoms with Crippen LogP contribution in [-0.4, -0.2) is 43.9 Å². The number of esters is 2. The van der Waals surface area contributed by atoms with E-state index in [1.165, 1.54) is 43.2 Å². The highest BCUT2D eigenvalue weighted by atomic mass is 127. The molecule has 210 valence electrons. The molecule has 0 saturated heterocycles. The van der Waals surface area contributed by atoms with Crippen LogP contribution < -0.4 is 33.8 Å². The van der Waals surface area contributed by atoms with Gasteiger partial charge < -0.3 is 23.7 Å². The van der Waals surface area contributed by atoms with Gasteiger partial charge in [0.1, 0.15) is 0 Å². The van der Waals surface area contributed by atoms with Gasteiger partial charge in [-0.3, -0.25) is 14.2 Å². The van der Waals surface area contributed by atoms with Crippen LogP contribution in [0.25, 0.3) is 6.08 Å². The van der Waals surface area contributed by atoms with E-state index >= 15 is 0 Å². The molecule has 0 N–H and O–H groups in total. The summed E-state index contributed by atoms with van der Waals surface area (Å²) < 4.78 is 29.7. The van der Waals surface area contributed by atoms with E-state index in [0.717, 1.165) is 0 Å². The van der Waals surface area contributed by atoms with Gasteiger partial charge in [-0.1, -0.05) is 17.4 Å². The average molecular weight is 679 g/mol. The smallest absolute Gasteiger partial charge is 0.337 e. The van der Waals surface area contributed by atoms with E-state index in [2.05, 4.69) is 4.99 Å². The van der Waals surface area contributed by atoms with E-state index in [0.29, 0.717) is 60.2 Å². The number of fused-ring (bicyclic) bond motifs is 1. The first-order valence-corrected chi connectivity index (χ1v) is 14.2. The van der Waals surface area contributed by atoms with E-state index in [1.807, 2.05) is 36.4 Å². The van der Waals surface area contributed by atoms with Crippen molar-refractivity contribution in [3.63, 3.8) is 0 Å². The number of hydrogen-bond acceptors (Lipinski definition) is 10. The van der Waals surface area contributed by atoms with Crippen molar-refractivity contribution in [2.75, 3.05) is 27.4 Å². The molecule has 40 heavy (non-hydrogen) atoms. The number of thiazole rings is 1. The molecule has 0 fully saturated rings. The summed E-state index contributed by atoms with van der Waals surface area (Å²) in [5.41, 5.74) is 1.15. The second-order valence-electron chi connectivity index (χ2n) is 8.38. The van der Waals surface area contributed by atoms with Crippen molar-refractivity contribution in [2.24, 2.45) is 4.99 Å². The summed E-state index contributed by atoms with van der Waals surface area (Å²) in [6.45, 7) is 5.91. The fourth-order valence-corrected chi connectivity index (χ4v) is 5.91. The summed E-state index contributed by atoms with van der Waals surface area (Å²) in [6, 6.07) is 7.96. The van der Waals surface area contributed by atoms with E-state index in [4.69, 9.17) is 23.7 Å². The number of aromatic nitrogens is 1. The molecule has 1 aliphatic rings. The van der Waals surface area contributed by atoms with Crippen LogP contribution in [0.15, 0.2) is 51.9 Å². The molecule has 1 aromatic heterocycles. The van der Waals surface area contributed by atoms with Crippen molar-refractivity contribution in [2.45, 2.75) is 26.8 Å². The molecule has 2 aromatic carbocycles. The van der Waals surface area contributed by atoms with Gasteiger partial charge in [0, 0.05) is 13.1 Å². The predicted octanol–water partition coefficient (Wildman–Crippen LogP) is 3.35. The standard InChI is InChI=1S/C28H27IN2O8S/c1-6-37-20-9-8-17(13-21(20)38-7-2)24-18(27(34)36-5)14-30-28-31(24)26(33)23(40-28)12-16-10-19(29)25(39-15(3)32)22(11-16)35-4/h8-14,24H,6-7H2,1-5H3/b23-12+/t24-/m1/s1. The molecule has 10 nitrogen and oxygen atoms in total. The van der Waals surface area contributed by atoms with Gasteiger partial charge in [-0.2, -0.15) is 0 Å². The Kier molecular flexibility index (Phi) is 9.30. The van der Waals surface area contributed by atoms with Gasteiger partial charge in [-0.05, 0) is 77.9 Å². The van der Waals surface area contributed by atoms with Gasteiger partial charge in [0.2, 0.25) is 0 Å². The zero-order valence-electron chi connectivity index (χ0n) is 22.5. The number of rotatable bonds is 9. The molecule has 0 spiro atoms. The quantitative estimate of drug-likeness (QED) is 0.193. The minimum absolute atomic E-state index is 0.204. The van der Waals surface area contributed by atoms with Crippen molar-refractivity contribution < 1.29 is 33.3 Å². The number of halogens is 1. The van der Waals surface area contributed by atoms with Crippen LogP contribution in [0.3, 0.4) is 0 Å². The second-order valence-corrected chi connectivity index (χ2v) is 10.5. The van der Waals surface area contributed by atoms with Gasteiger partial charge in [0.05, 0.1) is 47.2 Å². The number of benzene rings is 2. The minimum Gasteiger partial charge on any atom is -0.493 e. The fourth-order valence-electron chi connectivity index (χ4n) is 4.20. The summed E-state index contributed by atoms with van der Waals surface area (Å²) >= 11 is 3.23. The summed E-state index contributed by atoms with van der Waals surface area (Å²) in [6.07, 6.45) is 3.14. The third kappa shape index (κ3) is 5.92. The molecular formula is C28H27IN2O8S. The summed E-state index contributed by atoms with van der Waals surface area (Å²) in [4.78, 5) is 43.0. The van der Waals surface area contributed by atoms with Crippen LogP contribution in [0, 0.1) is 3.57 Å². The molecule has 1 atom stereocenters. The Bertz CT molecular complexity index is 1670. The molecular weight excluding hydrogens is 651 g/mol. The lowest BCUT2D eigenvalue weighted by Crippen LogP contribution is -2.39. The maximum Gasteiger partial charge on any atom is 0.337 e. The highest BCUT2D eigenvalue weighted by Gasteiger charge is 2.31.